The van der Waals surface area contributed by atoms with E-state index in [4.69, 9.17) is 0 Å². The largest absolute Gasteiger partial charge is 0.346 e. The van der Waals surface area contributed by atoms with Crippen LogP contribution >= 0.6 is 0 Å². The molecule has 0 spiro atoms. The lowest BCUT2D eigenvalue weighted by Gasteiger charge is -2.30. The Balaban J connectivity index is 3.09. The number of hydrazine groups is 1. The van der Waals surface area contributed by atoms with Gasteiger partial charge in [0.15, 0.2) is 0 Å². The first-order valence-corrected chi connectivity index (χ1v) is 6.28. The Morgan fingerprint density at radius 2 is 1.65 bits per heavy atom. The van der Waals surface area contributed by atoms with Gasteiger partial charge in [0.1, 0.15) is 0 Å². The van der Waals surface area contributed by atoms with Gasteiger partial charge in [-0.1, -0.05) is 18.2 Å². The highest BCUT2D eigenvalue weighted by molar-refractivity contribution is 6.40. The van der Waals surface area contributed by atoms with Crippen molar-refractivity contribution in [3.8, 4) is 0 Å². The topological polar surface area (TPSA) is 69.7 Å². The molecular weight excluding hydrogens is 258 g/mol. The molecule has 6 heteroatoms. The molecule has 6 nitrogen and oxygen atoms in total. The minimum atomic E-state index is -0.803. The zero-order valence-electron chi connectivity index (χ0n) is 12.1. The van der Waals surface area contributed by atoms with Crippen LogP contribution in [-0.2, 0) is 14.4 Å². The Bertz CT molecular complexity index is 500. The lowest BCUT2D eigenvalue weighted by Crippen LogP contribution is -2.53. The molecule has 3 amide bonds. The van der Waals surface area contributed by atoms with Crippen molar-refractivity contribution in [1.29, 1.82) is 0 Å². The highest BCUT2D eigenvalue weighted by atomic mass is 16.2. The molecule has 1 rings (SSSR count). The van der Waals surface area contributed by atoms with E-state index in [2.05, 4.69) is 5.32 Å². The van der Waals surface area contributed by atoms with Crippen molar-refractivity contribution in [3.63, 3.8) is 0 Å². The smallest absolute Gasteiger partial charge is 0.335 e. The third-order valence-electron chi connectivity index (χ3n) is 2.56. The van der Waals surface area contributed by atoms with Gasteiger partial charge in [0.05, 0.1) is 5.69 Å². The Labute approximate surface area is 118 Å². The van der Waals surface area contributed by atoms with E-state index in [0.29, 0.717) is 5.69 Å². The first-order chi connectivity index (χ1) is 9.34. The summed E-state index contributed by atoms with van der Waals surface area (Å²) in [4.78, 5) is 35.6. The number of rotatable bonds is 2. The molecule has 0 aliphatic heterocycles. The van der Waals surface area contributed by atoms with E-state index < -0.39 is 11.8 Å². The second-order valence-electron chi connectivity index (χ2n) is 4.62. The van der Waals surface area contributed by atoms with Crippen LogP contribution in [0.25, 0.3) is 0 Å². The van der Waals surface area contributed by atoms with Gasteiger partial charge in [-0.3, -0.25) is 14.4 Å². The summed E-state index contributed by atoms with van der Waals surface area (Å²) in [5, 5.41) is 4.68. The third kappa shape index (κ3) is 3.81. The Kier molecular flexibility index (Phi) is 5.25. The highest BCUT2D eigenvalue weighted by Gasteiger charge is 2.28. The maximum atomic E-state index is 12.2. The minimum Gasteiger partial charge on any atom is -0.346 e. The zero-order chi connectivity index (χ0) is 15.3. The summed E-state index contributed by atoms with van der Waals surface area (Å²) < 4.78 is 0. The number of carbonyl (C=O) groups is 3. The molecule has 1 N–H and O–H groups in total. The van der Waals surface area contributed by atoms with Gasteiger partial charge < -0.3 is 5.32 Å². The van der Waals surface area contributed by atoms with Gasteiger partial charge in [-0.2, -0.15) is 0 Å². The van der Waals surface area contributed by atoms with Crippen molar-refractivity contribution in [2.45, 2.75) is 26.8 Å². The van der Waals surface area contributed by atoms with Gasteiger partial charge in [-0.15, -0.1) is 0 Å². The molecule has 0 aliphatic rings. The lowest BCUT2D eigenvalue weighted by molar-refractivity contribution is -0.142. The third-order valence-corrected chi connectivity index (χ3v) is 2.56. The fraction of sp³-hybridized carbons (Fsp3) is 0.357. The molecule has 0 unspecified atom stereocenters. The molecule has 20 heavy (non-hydrogen) atoms. The monoisotopic (exact) mass is 277 g/mol. The molecule has 1 aromatic carbocycles. The Hall–Kier alpha value is -2.37. The standard InChI is InChI=1S/C14H19N3O3/c1-10(2)15-13(19)14(20)17(16(4)11(3)18)12-8-6-5-7-9-12/h5-10H,1-4H3,(H,15,19). The maximum absolute atomic E-state index is 12.2. The number of benzene rings is 1. The summed E-state index contributed by atoms with van der Waals surface area (Å²) in [5.74, 6) is -1.90. The molecule has 0 atom stereocenters. The van der Waals surface area contributed by atoms with Gasteiger partial charge in [0.2, 0.25) is 5.91 Å². The predicted molar refractivity (Wildman–Crippen MR) is 75.7 cm³/mol. The number of nitrogens with zero attached hydrogens (tertiary/aromatic N) is 2. The predicted octanol–water partition coefficient (Wildman–Crippen LogP) is 0.937. The Morgan fingerprint density at radius 1 is 1.10 bits per heavy atom. The normalized spacial score (nSPS) is 10.1. The molecule has 0 aliphatic carbocycles. The molecule has 0 saturated heterocycles. The van der Waals surface area contributed by atoms with Crippen LogP contribution in [0, 0.1) is 0 Å². The highest BCUT2D eigenvalue weighted by Crippen LogP contribution is 2.15. The van der Waals surface area contributed by atoms with Crippen molar-refractivity contribution in [2.75, 3.05) is 12.1 Å². The first-order valence-electron chi connectivity index (χ1n) is 6.28. The SMILES string of the molecule is CC(=O)N(C)N(C(=O)C(=O)NC(C)C)c1ccccc1. The Morgan fingerprint density at radius 3 is 2.10 bits per heavy atom. The van der Waals surface area contributed by atoms with Crippen molar-refractivity contribution < 1.29 is 14.4 Å². The van der Waals surface area contributed by atoms with Gasteiger partial charge >= 0.3 is 11.8 Å². The summed E-state index contributed by atoms with van der Waals surface area (Å²) in [7, 11) is 1.44. The number of para-hydroxylation sites is 1. The van der Waals surface area contributed by atoms with E-state index in [-0.39, 0.29) is 11.9 Å². The summed E-state index contributed by atoms with van der Waals surface area (Å²) in [5.41, 5.74) is 0.453. The van der Waals surface area contributed by atoms with Crippen molar-refractivity contribution in [3.05, 3.63) is 30.3 Å². The molecule has 0 heterocycles. The van der Waals surface area contributed by atoms with Crippen LogP contribution in [0.15, 0.2) is 30.3 Å². The average molecular weight is 277 g/mol. The second-order valence-corrected chi connectivity index (χ2v) is 4.62. The maximum Gasteiger partial charge on any atom is 0.335 e. The fourth-order valence-electron chi connectivity index (χ4n) is 1.56. The summed E-state index contributed by atoms with van der Waals surface area (Å²) >= 11 is 0. The first kappa shape index (κ1) is 15.7. The minimum absolute atomic E-state index is 0.160. The zero-order valence-corrected chi connectivity index (χ0v) is 12.1. The van der Waals surface area contributed by atoms with Crippen LogP contribution in [0.4, 0.5) is 5.69 Å². The van der Waals surface area contributed by atoms with E-state index in [1.165, 1.54) is 14.0 Å². The van der Waals surface area contributed by atoms with Crippen LogP contribution in [0.3, 0.4) is 0 Å². The average Bonchev–Trinajstić information content (AvgIpc) is 2.39. The second kappa shape index (κ2) is 6.70. The number of anilines is 1. The van der Waals surface area contributed by atoms with E-state index >= 15 is 0 Å². The molecule has 0 saturated carbocycles. The van der Waals surface area contributed by atoms with Crippen molar-refractivity contribution in [2.24, 2.45) is 0 Å². The van der Waals surface area contributed by atoms with Crippen LogP contribution in [-0.4, -0.2) is 35.8 Å². The molecule has 108 valence electrons. The van der Waals surface area contributed by atoms with Gasteiger partial charge in [0, 0.05) is 20.0 Å². The molecule has 0 aromatic heterocycles. The summed E-state index contributed by atoms with van der Waals surface area (Å²) in [6, 6.07) is 8.38. The molecular formula is C14H19N3O3. The molecule has 0 radical (unpaired) electrons. The van der Waals surface area contributed by atoms with E-state index in [0.717, 1.165) is 10.0 Å². The van der Waals surface area contributed by atoms with Crippen molar-refractivity contribution in [1.82, 2.24) is 10.3 Å². The van der Waals surface area contributed by atoms with Crippen LogP contribution < -0.4 is 10.3 Å². The fourth-order valence-corrected chi connectivity index (χ4v) is 1.56. The van der Waals surface area contributed by atoms with Crippen LogP contribution in [0.1, 0.15) is 20.8 Å². The van der Waals surface area contributed by atoms with E-state index in [9.17, 15) is 14.4 Å². The molecule has 1 aromatic rings. The number of amides is 3. The number of carbonyl (C=O) groups excluding carboxylic acids is 3. The number of hydrogen-bond donors (Lipinski definition) is 1. The summed E-state index contributed by atoms with van der Waals surface area (Å²) in [6.45, 7) is 4.84. The van der Waals surface area contributed by atoms with Crippen LogP contribution in [0.2, 0.25) is 0 Å². The molecule has 0 bridgehead atoms. The number of nitrogens with one attached hydrogen (secondary N) is 1. The van der Waals surface area contributed by atoms with E-state index in [1.54, 1.807) is 44.2 Å². The van der Waals surface area contributed by atoms with Crippen molar-refractivity contribution >= 4 is 23.4 Å². The van der Waals surface area contributed by atoms with Gasteiger partial charge in [-0.05, 0) is 26.0 Å². The lowest BCUT2D eigenvalue weighted by atomic mass is 10.3. The molecule has 0 fully saturated rings. The van der Waals surface area contributed by atoms with E-state index in [1.807, 2.05) is 0 Å². The van der Waals surface area contributed by atoms with Gasteiger partial charge in [0.25, 0.3) is 0 Å². The quantitative estimate of drug-likeness (QED) is 0.646. The van der Waals surface area contributed by atoms with Gasteiger partial charge in [-0.25, -0.2) is 10.0 Å². The summed E-state index contributed by atoms with van der Waals surface area (Å²) in [6.07, 6.45) is 0. The van der Waals surface area contributed by atoms with Crippen LogP contribution in [0.5, 0.6) is 0 Å². The number of hydrogen-bond acceptors (Lipinski definition) is 3.